The monoisotopic (exact) mass is 610 g/mol. The second kappa shape index (κ2) is 14.5. The molecule has 0 spiro atoms. The van der Waals surface area contributed by atoms with Crippen LogP contribution in [-0.4, -0.2) is 64.3 Å². The van der Waals surface area contributed by atoms with Gasteiger partial charge in [-0.25, -0.2) is 19.8 Å². The van der Waals surface area contributed by atoms with Crippen molar-refractivity contribution in [1.82, 2.24) is 20.3 Å². The molecule has 0 aliphatic carbocycles. The summed E-state index contributed by atoms with van der Waals surface area (Å²) in [5.74, 6) is 0.490. The lowest BCUT2D eigenvalue weighted by Crippen LogP contribution is -2.37. The summed E-state index contributed by atoms with van der Waals surface area (Å²) in [5, 5.41) is 19.4. The zero-order valence-electron chi connectivity index (χ0n) is 23.7. The van der Waals surface area contributed by atoms with Crippen LogP contribution >= 0.6 is 11.6 Å². The molecule has 1 saturated heterocycles. The SMILES string of the molecule is C/C(=C/C(=N)N=C(N)/C=C(/CN1CCOCC1)c1nc(Cc2ccc(Cl)cc2F)c(C)[nH]1)NOc1ccc([N+](=O)[O-])cc1. The third-order valence-corrected chi connectivity index (χ3v) is 6.70. The number of imidazole rings is 1. The highest BCUT2D eigenvalue weighted by molar-refractivity contribution is 6.30. The number of aryl methyl sites for hydroxylation is 1. The van der Waals surface area contributed by atoms with E-state index < -0.39 is 10.7 Å². The molecule has 0 atom stereocenters. The fourth-order valence-electron chi connectivity index (χ4n) is 4.25. The number of aromatic nitrogens is 2. The standard InChI is InChI=1S/C29H32ClFN8O4/c1-18(37-43-24-7-5-23(6-8-24)39(40)41)13-27(32)36-28(33)15-21(17-38-9-11-42-12-10-38)29-34-19(2)26(35-29)14-20-3-4-22(30)16-25(20)31/h3-8,13,15-16,37H,9-12,14,17H2,1-2H3,(H,34,35)(H3,32,33,36)/b18-13-,21-15-. The third-order valence-electron chi connectivity index (χ3n) is 6.46. The van der Waals surface area contributed by atoms with E-state index in [1.54, 1.807) is 25.1 Å². The minimum Gasteiger partial charge on any atom is -0.384 e. The first-order valence-electron chi connectivity index (χ1n) is 13.4. The summed E-state index contributed by atoms with van der Waals surface area (Å²) in [6, 6.07) is 10.1. The van der Waals surface area contributed by atoms with E-state index >= 15 is 0 Å². The maximum Gasteiger partial charge on any atom is 0.269 e. The second-order valence-corrected chi connectivity index (χ2v) is 10.3. The van der Waals surface area contributed by atoms with Gasteiger partial charge in [0.2, 0.25) is 0 Å². The van der Waals surface area contributed by atoms with Crippen LogP contribution in [0.5, 0.6) is 5.75 Å². The van der Waals surface area contributed by atoms with Crippen LogP contribution in [0.15, 0.2) is 65.3 Å². The highest BCUT2D eigenvalue weighted by Gasteiger charge is 2.18. The van der Waals surface area contributed by atoms with Gasteiger partial charge in [-0.1, -0.05) is 17.7 Å². The number of allylic oxidation sites excluding steroid dienone is 1. The van der Waals surface area contributed by atoms with E-state index in [1.165, 1.54) is 36.4 Å². The molecule has 1 aromatic heterocycles. The van der Waals surface area contributed by atoms with Gasteiger partial charge < -0.3 is 20.3 Å². The van der Waals surface area contributed by atoms with Crippen LogP contribution in [0.25, 0.3) is 5.57 Å². The molecule has 43 heavy (non-hydrogen) atoms. The number of benzene rings is 2. The fraction of sp³-hybridized carbons (Fsp3) is 0.276. The number of hydroxylamine groups is 1. The molecule has 1 fully saturated rings. The van der Waals surface area contributed by atoms with Gasteiger partial charge >= 0.3 is 0 Å². The van der Waals surface area contributed by atoms with E-state index in [2.05, 4.69) is 20.4 Å². The van der Waals surface area contributed by atoms with Crippen molar-refractivity contribution in [1.29, 1.82) is 5.41 Å². The number of nitrogens with zero attached hydrogens (tertiary/aromatic N) is 4. The Morgan fingerprint density at radius 2 is 2.02 bits per heavy atom. The zero-order valence-corrected chi connectivity index (χ0v) is 24.4. The van der Waals surface area contributed by atoms with Crippen molar-refractivity contribution in [2.45, 2.75) is 20.3 Å². The number of nitrogens with two attached hydrogens (primary N) is 1. The molecule has 0 bridgehead atoms. The average molecular weight is 611 g/mol. The van der Waals surface area contributed by atoms with Crippen LogP contribution in [0.2, 0.25) is 5.02 Å². The van der Waals surface area contributed by atoms with E-state index in [1.807, 2.05) is 6.92 Å². The molecule has 0 amide bonds. The Hall–Kier alpha value is -4.59. The van der Waals surface area contributed by atoms with Gasteiger partial charge in [0.25, 0.3) is 5.69 Å². The largest absolute Gasteiger partial charge is 0.384 e. The predicted molar refractivity (Wildman–Crippen MR) is 163 cm³/mol. The second-order valence-electron chi connectivity index (χ2n) is 9.83. The quantitative estimate of drug-likeness (QED) is 0.106. The lowest BCUT2D eigenvalue weighted by atomic mass is 10.1. The Labute approximate surface area is 252 Å². The first-order chi connectivity index (χ1) is 20.6. The highest BCUT2D eigenvalue weighted by atomic mass is 35.5. The number of ether oxygens (including phenoxy) is 1. The fourth-order valence-corrected chi connectivity index (χ4v) is 4.41. The first-order valence-corrected chi connectivity index (χ1v) is 13.7. The number of nitrogens with one attached hydrogen (secondary N) is 3. The van der Waals surface area contributed by atoms with Gasteiger partial charge in [0, 0.05) is 66.3 Å². The predicted octanol–water partition coefficient (Wildman–Crippen LogP) is 4.55. The molecule has 1 aliphatic rings. The summed E-state index contributed by atoms with van der Waals surface area (Å²) < 4.78 is 19.9. The van der Waals surface area contributed by atoms with Gasteiger partial charge in [0.15, 0.2) is 5.75 Å². The molecule has 14 heteroatoms. The van der Waals surface area contributed by atoms with Crippen LogP contribution in [0.4, 0.5) is 10.1 Å². The summed E-state index contributed by atoms with van der Waals surface area (Å²) in [7, 11) is 0. The van der Waals surface area contributed by atoms with Crippen LogP contribution < -0.4 is 16.1 Å². The molecule has 0 radical (unpaired) electrons. The molecule has 2 heterocycles. The number of nitro groups is 1. The maximum absolute atomic E-state index is 14.5. The van der Waals surface area contributed by atoms with Gasteiger partial charge in [-0.3, -0.25) is 20.4 Å². The summed E-state index contributed by atoms with van der Waals surface area (Å²) in [6.45, 7) is 6.73. The van der Waals surface area contributed by atoms with Crippen LogP contribution in [0.1, 0.15) is 29.7 Å². The number of rotatable bonds is 11. The van der Waals surface area contributed by atoms with Crippen molar-refractivity contribution in [3.8, 4) is 5.75 Å². The van der Waals surface area contributed by atoms with Crippen molar-refractivity contribution >= 4 is 34.5 Å². The van der Waals surface area contributed by atoms with Crippen molar-refractivity contribution in [3.63, 3.8) is 0 Å². The molecule has 0 saturated carbocycles. The zero-order chi connectivity index (χ0) is 30.9. The first kappa shape index (κ1) is 31.3. The smallest absolute Gasteiger partial charge is 0.269 e. The topological polar surface area (TPSA) is 168 Å². The molecular formula is C29H32ClFN8O4. The molecule has 0 unspecified atom stereocenters. The van der Waals surface area contributed by atoms with Crippen LogP contribution in [0, 0.1) is 28.3 Å². The summed E-state index contributed by atoms with van der Waals surface area (Å²) in [4.78, 5) is 30.1. The Morgan fingerprint density at radius 3 is 2.70 bits per heavy atom. The number of hydrogen-bond donors (Lipinski definition) is 4. The van der Waals surface area contributed by atoms with Crippen molar-refractivity contribution in [2.24, 2.45) is 10.7 Å². The number of aromatic amines is 1. The molecule has 3 aromatic rings. The Bertz CT molecular complexity index is 1560. The number of morpholine rings is 1. The van der Waals surface area contributed by atoms with E-state index in [4.69, 9.17) is 37.3 Å². The average Bonchev–Trinajstić information content (AvgIpc) is 3.33. The van der Waals surface area contributed by atoms with Crippen LogP contribution in [-0.2, 0) is 11.2 Å². The summed E-state index contributed by atoms with van der Waals surface area (Å²) in [5.41, 5.74) is 12.0. The van der Waals surface area contributed by atoms with Gasteiger partial charge in [-0.05, 0) is 49.8 Å². The Morgan fingerprint density at radius 1 is 1.30 bits per heavy atom. The van der Waals surface area contributed by atoms with Crippen molar-refractivity contribution < 1.29 is 18.9 Å². The minimum atomic E-state index is -0.499. The third kappa shape index (κ3) is 9.20. The molecule has 226 valence electrons. The molecule has 1 aliphatic heterocycles. The number of hydrogen-bond acceptors (Lipinski definition) is 8. The molecule has 4 rings (SSSR count). The minimum absolute atomic E-state index is 0.0522. The van der Waals surface area contributed by atoms with Gasteiger partial charge in [-0.15, -0.1) is 0 Å². The lowest BCUT2D eigenvalue weighted by Gasteiger charge is -2.27. The molecular weight excluding hydrogens is 579 g/mol. The number of nitro benzene ring substituents is 1. The summed E-state index contributed by atoms with van der Waals surface area (Å²) in [6.07, 6.45) is 3.37. The van der Waals surface area contributed by atoms with E-state index in [0.29, 0.717) is 53.3 Å². The Balaban J connectivity index is 1.49. The van der Waals surface area contributed by atoms with E-state index in [9.17, 15) is 14.5 Å². The molecule has 12 nitrogen and oxygen atoms in total. The number of halogens is 2. The van der Waals surface area contributed by atoms with Crippen LogP contribution in [0.3, 0.4) is 0 Å². The number of aliphatic imine (C=N–C) groups is 1. The Kier molecular flexibility index (Phi) is 10.6. The normalized spacial score (nSPS) is 14.9. The number of amidine groups is 2. The lowest BCUT2D eigenvalue weighted by molar-refractivity contribution is -0.384. The van der Waals surface area contributed by atoms with Crippen molar-refractivity contribution in [2.75, 3.05) is 32.8 Å². The van der Waals surface area contributed by atoms with E-state index in [0.717, 1.165) is 24.4 Å². The maximum atomic E-state index is 14.5. The molecule has 2 aromatic carbocycles. The van der Waals surface area contributed by atoms with Crippen molar-refractivity contribution in [3.05, 3.63) is 104 Å². The number of H-pyrrole nitrogens is 1. The van der Waals surface area contributed by atoms with Gasteiger partial charge in [0.1, 0.15) is 23.3 Å². The molecule has 5 N–H and O–H groups in total. The highest BCUT2D eigenvalue weighted by Crippen LogP contribution is 2.22. The van der Waals surface area contributed by atoms with Gasteiger partial charge in [0.05, 0.1) is 23.8 Å². The van der Waals surface area contributed by atoms with E-state index in [-0.39, 0.29) is 23.8 Å². The van der Waals surface area contributed by atoms with Gasteiger partial charge in [-0.2, -0.15) is 0 Å². The summed E-state index contributed by atoms with van der Waals surface area (Å²) >= 11 is 5.90. The number of non-ortho nitro benzene ring substituents is 1.